The fourth-order valence-electron chi connectivity index (χ4n) is 4.55. The first-order valence-corrected chi connectivity index (χ1v) is 11.9. The van der Waals surface area contributed by atoms with Gasteiger partial charge in [-0.05, 0) is 48.6 Å². The van der Waals surface area contributed by atoms with Crippen LogP contribution in [0.4, 0.5) is 5.69 Å². The Labute approximate surface area is 201 Å². The van der Waals surface area contributed by atoms with Gasteiger partial charge < -0.3 is 24.6 Å². The van der Waals surface area contributed by atoms with Gasteiger partial charge in [0.15, 0.2) is 10.6 Å². The van der Waals surface area contributed by atoms with E-state index in [-0.39, 0.29) is 0 Å². The summed E-state index contributed by atoms with van der Waals surface area (Å²) in [5.74, 6) is 1.63. The molecule has 0 atom stereocenters. The molecule has 0 saturated carbocycles. The fraction of sp³-hybridized carbons (Fsp3) is 0.240. The Morgan fingerprint density at radius 1 is 0.882 bits per heavy atom. The Bertz CT molecular complexity index is 1480. The fourth-order valence-corrected chi connectivity index (χ4v) is 4.76. The smallest absolute Gasteiger partial charge is 0.175 e. The first-order valence-electron chi connectivity index (χ1n) is 11.5. The van der Waals surface area contributed by atoms with Gasteiger partial charge in [0.2, 0.25) is 0 Å². The van der Waals surface area contributed by atoms with E-state index in [1.165, 1.54) is 5.69 Å². The minimum absolute atomic E-state index is 0.612. The van der Waals surface area contributed by atoms with E-state index in [1.54, 1.807) is 6.20 Å². The maximum absolute atomic E-state index is 6.08. The summed E-state index contributed by atoms with van der Waals surface area (Å²) in [7, 11) is 0. The predicted octanol–water partition coefficient (Wildman–Crippen LogP) is 4.36. The molecular formula is C25H25N7OS. The van der Waals surface area contributed by atoms with E-state index in [2.05, 4.69) is 47.9 Å². The Morgan fingerprint density at radius 2 is 1.74 bits per heavy atom. The zero-order valence-corrected chi connectivity index (χ0v) is 19.4. The molecule has 0 aliphatic carbocycles. The second-order valence-electron chi connectivity index (χ2n) is 8.41. The zero-order chi connectivity index (χ0) is 22.9. The number of anilines is 1. The van der Waals surface area contributed by atoms with Crippen molar-refractivity contribution < 1.29 is 4.74 Å². The maximum Gasteiger partial charge on any atom is 0.175 e. The van der Waals surface area contributed by atoms with Gasteiger partial charge in [-0.2, -0.15) is 0 Å². The maximum atomic E-state index is 6.08. The largest absolute Gasteiger partial charge is 0.490 e. The number of piperazine rings is 1. The number of H-pyrrole nitrogens is 3. The summed E-state index contributed by atoms with van der Waals surface area (Å²) < 4.78 is 6.69. The molecule has 9 heteroatoms. The molecule has 3 aromatic heterocycles. The molecule has 172 valence electrons. The highest BCUT2D eigenvalue weighted by Crippen LogP contribution is 2.28. The third-order valence-electron chi connectivity index (χ3n) is 6.29. The van der Waals surface area contributed by atoms with Gasteiger partial charge in [0.05, 0.1) is 16.7 Å². The number of hydrogen-bond donors (Lipinski definition) is 3. The molecule has 4 heterocycles. The van der Waals surface area contributed by atoms with Gasteiger partial charge in [0, 0.05) is 38.9 Å². The van der Waals surface area contributed by atoms with Crippen molar-refractivity contribution in [2.45, 2.75) is 0 Å². The Hall–Kier alpha value is -3.69. The molecule has 6 rings (SSSR count). The Kier molecular flexibility index (Phi) is 5.48. The number of fused-ring (bicyclic) bond motifs is 2. The molecule has 0 spiro atoms. The Morgan fingerprint density at radius 3 is 2.59 bits per heavy atom. The molecule has 1 aliphatic heterocycles. The third-order valence-corrected chi connectivity index (χ3v) is 6.49. The topological polar surface area (TPSA) is 88.9 Å². The minimum atomic E-state index is 0.612. The van der Waals surface area contributed by atoms with Crippen LogP contribution in [0.15, 0.2) is 60.8 Å². The van der Waals surface area contributed by atoms with Gasteiger partial charge in [-0.25, -0.2) is 4.98 Å². The molecule has 0 unspecified atom stereocenters. The van der Waals surface area contributed by atoms with Crippen LogP contribution >= 0.6 is 12.2 Å². The molecule has 1 aliphatic rings. The number of nitrogens with one attached hydrogen (secondary N) is 3. The lowest BCUT2D eigenvalue weighted by molar-refractivity contribution is 0.201. The number of aromatic nitrogens is 5. The molecule has 0 bridgehead atoms. The molecule has 8 nitrogen and oxygen atoms in total. The van der Waals surface area contributed by atoms with Gasteiger partial charge in [0.1, 0.15) is 29.1 Å². The standard InChI is InChI=1S/C25H25N7OS/c34-25-28-18-7-4-9-21(23(18)30-25)33-16-15-31-11-13-32(14-12-31)20-8-3-6-17-22(20)29-24(27-17)19-5-1-2-10-26-19/h1-10H,11-16H2,(H,27,29)(H2,28,30,34). The molecule has 3 N–H and O–H groups in total. The van der Waals surface area contributed by atoms with Crippen LogP contribution in [-0.4, -0.2) is 69.2 Å². The lowest BCUT2D eigenvalue weighted by atomic mass is 10.2. The number of pyridine rings is 1. The predicted molar refractivity (Wildman–Crippen MR) is 137 cm³/mol. The van der Waals surface area contributed by atoms with Crippen molar-refractivity contribution in [3.8, 4) is 17.3 Å². The van der Waals surface area contributed by atoms with E-state index in [1.807, 2.05) is 36.4 Å². The summed E-state index contributed by atoms with van der Waals surface area (Å²) in [5.41, 5.74) is 5.95. The summed E-state index contributed by atoms with van der Waals surface area (Å²) in [6.07, 6.45) is 1.79. The average molecular weight is 472 g/mol. The first kappa shape index (κ1) is 20.9. The highest BCUT2D eigenvalue weighted by molar-refractivity contribution is 7.71. The Balaban J connectivity index is 1.09. The highest BCUT2D eigenvalue weighted by Gasteiger charge is 2.20. The van der Waals surface area contributed by atoms with Crippen molar-refractivity contribution in [2.75, 3.05) is 44.2 Å². The van der Waals surface area contributed by atoms with Crippen molar-refractivity contribution in [1.82, 2.24) is 29.8 Å². The second-order valence-corrected chi connectivity index (χ2v) is 8.82. The van der Waals surface area contributed by atoms with Crippen molar-refractivity contribution in [1.29, 1.82) is 0 Å². The number of para-hydroxylation sites is 2. The molecule has 5 aromatic rings. The van der Waals surface area contributed by atoms with Crippen LogP contribution in [0.25, 0.3) is 33.6 Å². The van der Waals surface area contributed by atoms with Gasteiger partial charge in [-0.3, -0.25) is 9.88 Å². The van der Waals surface area contributed by atoms with Crippen LogP contribution < -0.4 is 9.64 Å². The SMILES string of the molecule is S=c1[nH]c2cccc(OCCN3CCN(c4cccc5[nH]c(-c6ccccn6)nc45)CC3)c2[nH]1. The molecule has 2 aromatic carbocycles. The average Bonchev–Trinajstić information content (AvgIpc) is 3.48. The molecule has 0 amide bonds. The van der Waals surface area contributed by atoms with E-state index in [0.717, 1.165) is 72.1 Å². The van der Waals surface area contributed by atoms with Crippen molar-refractivity contribution in [3.63, 3.8) is 0 Å². The van der Waals surface area contributed by atoms with Crippen LogP contribution in [-0.2, 0) is 0 Å². The summed E-state index contributed by atoms with van der Waals surface area (Å²) in [6, 6.07) is 18.1. The lowest BCUT2D eigenvalue weighted by Gasteiger charge is -2.36. The molecule has 34 heavy (non-hydrogen) atoms. The summed E-state index contributed by atoms with van der Waals surface area (Å²) in [6.45, 7) is 5.37. The number of aromatic amines is 3. The summed E-state index contributed by atoms with van der Waals surface area (Å²) >= 11 is 5.21. The van der Waals surface area contributed by atoms with Crippen molar-refractivity contribution in [3.05, 3.63) is 65.6 Å². The van der Waals surface area contributed by atoms with E-state index < -0.39 is 0 Å². The van der Waals surface area contributed by atoms with E-state index >= 15 is 0 Å². The van der Waals surface area contributed by atoms with Crippen LogP contribution in [0, 0.1) is 4.77 Å². The number of benzene rings is 2. The van der Waals surface area contributed by atoms with Gasteiger partial charge >= 0.3 is 0 Å². The normalized spacial score (nSPS) is 14.8. The van der Waals surface area contributed by atoms with Gasteiger partial charge in [-0.15, -0.1) is 0 Å². The number of hydrogen-bond acceptors (Lipinski definition) is 6. The van der Waals surface area contributed by atoms with Crippen molar-refractivity contribution in [2.24, 2.45) is 0 Å². The van der Waals surface area contributed by atoms with E-state index in [0.29, 0.717) is 11.4 Å². The molecule has 0 radical (unpaired) electrons. The summed E-state index contributed by atoms with van der Waals surface area (Å²) in [4.78, 5) is 23.9. The molecule has 1 saturated heterocycles. The lowest BCUT2D eigenvalue weighted by Crippen LogP contribution is -2.47. The van der Waals surface area contributed by atoms with Gasteiger partial charge in [-0.1, -0.05) is 18.2 Å². The molecule has 1 fully saturated rings. The monoisotopic (exact) mass is 471 g/mol. The number of imidazole rings is 2. The van der Waals surface area contributed by atoms with Crippen LogP contribution in [0.2, 0.25) is 0 Å². The first-order chi connectivity index (χ1) is 16.7. The van der Waals surface area contributed by atoms with Crippen LogP contribution in [0.5, 0.6) is 5.75 Å². The quantitative estimate of drug-likeness (QED) is 0.319. The third kappa shape index (κ3) is 4.04. The van der Waals surface area contributed by atoms with Crippen LogP contribution in [0.3, 0.4) is 0 Å². The van der Waals surface area contributed by atoms with E-state index in [4.69, 9.17) is 21.9 Å². The van der Waals surface area contributed by atoms with E-state index in [9.17, 15) is 0 Å². The zero-order valence-electron chi connectivity index (χ0n) is 18.6. The van der Waals surface area contributed by atoms with Gasteiger partial charge in [0.25, 0.3) is 0 Å². The number of ether oxygens (including phenoxy) is 1. The van der Waals surface area contributed by atoms with Crippen molar-refractivity contribution >= 4 is 40.0 Å². The minimum Gasteiger partial charge on any atom is -0.490 e. The molecular weight excluding hydrogens is 446 g/mol. The number of rotatable bonds is 6. The summed E-state index contributed by atoms with van der Waals surface area (Å²) in [5, 5.41) is 0. The highest BCUT2D eigenvalue weighted by atomic mass is 32.1. The second kappa shape index (κ2) is 8.92. The number of nitrogens with zero attached hydrogens (tertiary/aromatic N) is 4. The van der Waals surface area contributed by atoms with Crippen LogP contribution in [0.1, 0.15) is 0 Å².